The van der Waals surface area contributed by atoms with Gasteiger partial charge >= 0.3 is 6.03 Å². The van der Waals surface area contributed by atoms with Gasteiger partial charge in [-0.1, -0.05) is 0 Å². The maximum Gasteiger partial charge on any atom is 0.332 e. The van der Waals surface area contributed by atoms with E-state index in [9.17, 15) is 4.79 Å². The molecule has 8 nitrogen and oxygen atoms in total. The summed E-state index contributed by atoms with van der Waals surface area (Å²) in [6.07, 6.45) is 0. The monoisotopic (exact) mass is 323 g/mol. The van der Waals surface area contributed by atoms with Crippen molar-refractivity contribution in [2.45, 2.75) is 6.92 Å². The molecule has 0 saturated heterocycles. The van der Waals surface area contributed by atoms with Crippen LogP contribution in [0.3, 0.4) is 0 Å². The highest BCUT2D eigenvalue weighted by Crippen LogP contribution is 2.29. The summed E-state index contributed by atoms with van der Waals surface area (Å²) in [5.41, 5.74) is 8.58. The molecule has 0 radical (unpaired) electrons. The molecule has 0 unspecified atom stereocenters. The second-order valence-electron chi connectivity index (χ2n) is 4.76. The molecular weight excluding hydrogens is 302 g/mol. The number of carbonyl (C=O) groups is 1. The first-order valence-electron chi connectivity index (χ1n) is 7.32. The number of ether oxygens (including phenoxy) is 4. The van der Waals surface area contributed by atoms with Gasteiger partial charge in [-0.3, -0.25) is 0 Å². The molecule has 1 heterocycles. The van der Waals surface area contributed by atoms with Crippen LogP contribution in [0, 0.1) is 0 Å². The Morgan fingerprint density at radius 1 is 1.04 bits per heavy atom. The molecule has 0 saturated carbocycles. The Bertz CT molecular complexity index is 562. The molecule has 2 rings (SSSR count). The molecule has 0 aliphatic carbocycles. The Kier molecular flexibility index (Phi) is 6.64. The highest BCUT2D eigenvalue weighted by Gasteiger charge is 2.10. The number of nitrogens with two attached hydrogens (primary N) is 1. The van der Waals surface area contributed by atoms with Crippen LogP contribution in [0.1, 0.15) is 12.5 Å². The van der Waals surface area contributed by atoms with E-state index in [1.807, 2.05) is 6.07 Å². The predicted octanol–water partition coefficient (Wildman–Crippen LogP) is 0.883. The third-order valence-corrected chi connectivity index (χ3v) is 3.04. The molecule has 126 valence electrons. The average Bonchev–Trinajstić information content (AvgIpc) is 2.53. The van der Waals surface area contributed by atoms with Crippen LogP contribution in [-0.4, -0.2) is 51.4 Å². The fraction of sp³-hybridized carbons (Fsp3) is 0.467. The van der Waals surface area contributed by atoms with E-state index in [-0.39, 0.29) is 0 Å². The van der Waals surface area contributed by atoms with Crippen molar-refractivity contribution in [3.8, 4) is 11.5 Å². The molecule has 23 heavy (non-hydrogen) atoms. The Labute approximate surface area is 134 Å². The molecule has 8 heteroatoms. The normalized spacial score (nSPS) is 16.8. The van der Waals surface area contributed by atoms with Gasteiger partial charge in [0.05, 0.1) is 32.1 Å². The third-order valence-electron chi connectivity index (χ3n) is 3.04. The zero-order valence-corrected chi connectivity index (χ0v) is 13.0. The fourth-order valence-corrected chi connectivity index (χ4v) is 1.91. The number of amides is 2. The smallest absolute Gasteiger partial charge is 0.332 e. The van der Waals surface area contributed by atoms with Crippen molar-refractivity contribution in [3.05, 3.63) is 23.8 Å². The average molecular weight is 323 g/mol. The molecular formula is C15H21N3O5. The van der Waals surface area contributed by atoms with Gasteiger partial charge in [0.2, 0.25) is 0 Å². The fourth-order valence-electron chi connectivity index (χ4n) is 1.91. The van der Waals surface area contributed by atoms with E-state index in [0.717, 1.165) is 5.56 Å². The summed E-state index contributed by atoms with van der Waals surface area (Å²) in [6.45, 7) is 4.59. The first kappa shape index (κ1) is 17.0. The molecule has 3 N–H and O–H groups in total. The molecule has 0 aromatic heterocycles. The molecule has 1 aromatic rings. The van der Waals surface area contributed by atoms with E-state index < -0.39 is 6.03 Å². The van der Waals surface area contributed by atoms with Crippen LogP contribution < -0.4 is 20.6 Å². The van der Waals surface area contributed by atoms with Gasteiger partial charge in [-0.15, -0.1) is 0 Å². The first-order valence-corrected chi connectivity index (χ1v) is 7.32. The number of rotatable bonds is 2. The van der Waals surface area contributed by atoms with E-state index in [4.69, 9.17) is 24.7 Å². The van der Waals surface area contributed by atoms with Crippen molar-refractivity contribution in [2.75, 3.05) is 39.6 Å². The minimum Gasteiger partial charge on any atom is -0.487 e. The number of nitrogens with one attached hydrogen (secondary N) is 1. The van der Waals surface area contributed by atoms with E-state index in [0.29, 0.717) is 56.9 Å². The van der Waals surface area contributed by atoms with Gasteiger partial charge in [-0.05, 0) is 25.1 Å². The van der Waals surface area contributed by atoms with Crippen LogP contribution in [0.15, 0.2) is 23.3 Å². The standard InChI is InChI=1S/C15H21N3O5/c1-11(17-18-15(16)19)12-2-3-13-14(10-12)23-9-7-21-5-4-20-6-8-22-13/h2-3,10H,4-9H2,1H3,(H3,16,18,19). The van der Waals surface area contributed by atoms with Crippen LogP contribution in [0.4, 0.5) is 4.79 Å². The van der Waals surface area contributed by atoms with E-state index in [2.05, 4.69) is 10.5 Å². The van der Waals surface area contributed by atoms with Crippen LogP contribution in [0.25, 0.3) is 0 Å². The Balaban J connectivity index is 2.14. The summed E-state index contributed by atoms with van der Waals surface area (Å²) in [7, 11) is 0. The SMILES string of the molecule is CC(=NNC(N)=O)c1ccc2c(c1)OCCOCCOCCO2. The second-order valence-corrected chi connectivity index (χ2v) is 4.76. The summed E-state index contributed by atoms with van der Waals surface area (Å²) >= 11 is 0. The number of urea groups is 1. The topological polar surface area (TPSA) is 104 Å². The maximum atomic E-state index is 10.7. The van der Waals surface area contributed by atoms with Crippen molar-refractivity contribution >= 4 is 11.7 Å². The molecule has 2 amide bonds. The number of carbonyl (C=O) groups excluding carboxylic acids is 1. The number of hydrazone groups is 1. The number of hydrogen-bond donors (Lipinski definition) is 2. The van der Waals surface area contributed by atoms with Crippen molar-refractivity contribution in [1.29, 1.82) is 0 Å². The molecule has 1 aliphatic rings. The minimum absolute atomic E-state index is 0.398. The second kappa shape index (κ2) is 8.96. The van der Waals surface area contributed by atoms with Crippen LogP contribution in [0.5, 0.6) is 11.5 Å². The Hall–Kier alpha value is -2.32. The van der Waals surface area contributed by atoms with Gasteiger partial charge in [0, 0.05) is 5.56 Å². The van der Waals surface area contributed by atoms with Gasteiger partial charge < -0.3 is 24.7 Å². The van der Waals surface area contributed by atoms with Gasteiger partial charge in [0.1, 0.15) is 13.2 Å². The number of hydrogen-bond acceptors (Lipinski definition) is 6. The lowest BCUT2D eigenvalue weighted by atomic mass is 10.1. The van der Waals surface area contributed by atoms with E-state index in [1.54, 1.807) is 19.1 Å². The van der Waals surface area contributed by atoms with Gasteiger partial charge in [-0.2, -0.15) is 5.10 Å². The first-order chi connectivity index (χ1) is 11.2. The highest BCUT2D eigenvalue weighted by molar-refractivity contribution is 5.99. The summed E-state index contributed by atoms with van der Waals surface area (Å²) in [6, 6.07) is 4.70. The molecule has 0 spiro atoms. The number of nitrogens with zero attached hydrogens (tertiary/aromatic N) is 1. The van der Waals surface area contributed by atoms with E-state index >= 15 is 0 Å². The lowest BCUT2D eigenvalue weighted by Gasteiger charge is -2.16. The molecule has 0 fully saturated rings. The summed E-state index contributed by atoms with van der Waals surface area (Å²) in [4.78, 5) is 10.7. The molecule has 0 atom stereocenters. The Morgan fingerprint density at radius 3 is 2.30 bits per heavy atom. The highest BCUT2D eigenvalue weighted by atomic mass is 16.6. The zero-order valence-electron chi connectivity index (χ0n) is 13.0. The van der Waals surface area contributed by atoms with Crippen molar-refractivity contribution in [1.82, 2.24) is 5.43 Å². The van der Waals surface area contributed by atoms with Gasteiger partial charge in [0.15, 0.2) is 11.5 Å². The Morgan fingerprint density at radius 2 is 1.65 bits per heavy atom. The lowest BCUT2D eigenvalue weighted by Crippen LogP contribution is -2.25. The van der Waals surface area contributed by atoms with Gasteiger partial charge in [0.25, 0.3) is 0 Å². The summed E-state index contributed by atoms with van der Waals surface area (Å²) < 4.78 is 22.2. The van der Waals surface area contributed by atoms with Crippen LogP contribution >= 0.6 is 0 Å². The number of benzene rings is 1. The van der Waals surface area contributed by atoms with Crippen molar-refractivity contribution < 1.29 is 23.7 Å². The van der Waals surface area contributed by atoms with Crippen LogP contribution in [0.2, 0.25) is 0 Å². The minimum atomic E-state index is -0.715. The van der Waals surface area contributed by atoms with Crippen molar-refractivity contribution in [3.63, 3.8) is 0 Å². The molecule has 1 aliphatic heterocycles. The number of fused-ring (bicyclic) bond motifs is 1. The largest absolute Gasteiger partial charge is 0.487 e. The summed E-state index contributed by atoms with van der Waals surface area (Å²) in [5, 5.41) is 3.90. The summed E-state index contributed by atoms with van der Waals surface area (Å²) in [5.74, 6) is 1.20. The zero-order chi connectivity index (χ0) is 16.5. The van der Waals surface area contributed by atoms with Gasteiger partial charge in [-0.25, -0.2) is 10.2 Å². The quantitative estimate of drug-likeness (QED) is 0.621. The van der Waals surface area contributed by atoms with Crippen molar-refractivity contribution in [2.24, 2.45) is 10.8 Å². The predicted molar refractivity (Wildman–Crippen MR) is 84.0 cm³/mol. The maximum absolute atomic E-state index is 10.7. The van der Waals surface area contributed by atoms with E-state index in [1.165, 1.54) is 0 Å². The molecule has 0 bridgehead atoms. The van der Waals surface area contributed by atoms with Crippen LogP contribution in [-0.2, 0) is 9.47 Å². The molecule has 1 aromatic carbocycles. The lowest BCUT2D eigenvalue weighted by molar-refractivity contribution is 0.0223. The number of primary amides is 1. The third kappa shape index (κ3) is 5.76.